The van der Waals surface area contributed by atoms with E-state index in [1.807, 2.05) is 24.0 Å². The molecule has 7 rings (SSSR count). The van der Waals surface area contributed by atoms with Gasteiger partial charge in [-0.3, -0.25) is 8.98 Å². The van der Waals surface area contributed by atoms with E-state index in [2.05, 4.69) is 5.32 Å². The number of aliphatic hydroxyl groups is 1. The highest BCUT2D eigenvalue weighted by atomic mass is 32.2. The topological polar surface area (TPSA) is 95.9 Å². The van der Waals surface area contributed by atoms with Crippen molar-refractivity contribution in [2.75, 3.05) is 13.1 Å². The highest BCUT2D eigenvalue weighted by Gasteiger charge is 2.55. The Hall–Kier alpha value is -4.37. The van der Waals surface area contributed by atoms with Crippen molar-refractivity contribution in [3.8, 4) is 0 Å². The van der Waals surface area contributed by atoms with Gasteiger partial charge in [-0.1, -0.05) is 42.0 Å². The van der Waals surface area contributed by atoms with Crippen LogP contribution in [-0.2, 0) is 20.7 Å². The lowest BCUT2D eigenvalue weighted by molar-refractivity contribution is -0.233. The van der Waals surface area contributed by atoms with E-state index in [4.69, 9.17) is 9.29 Å². The summed E-state index contributed by atoms with van der Waals surface area (Å²) in [6, 6.07) is 17.4. The molecule has 1 saturated heterocycles. The van der Waals surface area contributed by atoms with Crippen LogP contribution in [0, 0.1) is 54.2 Å². The highest BCUT2D eigenvalue weighted by Crippen LogP contribution is 2.49. The van der Waals surface area contributed by atoms with E-state index in [1.165, 1.54) is 36.4 Å². The Labute approximate surface area is 443 Å². The molecule has 3 unspecified atom stereocenters. The quantitative estimate of drug-likeness (QED) is 0.164. The number of piperidine rings is 1. The Morgan fingerprint density at radius 3 is 1.38 bits per heavy atom. The third-order valence-corrected chi connectivity index (χ3v) is 16.4. The molecule has 1 heterocycles. The van der Waals surface area contributed by atoms with Crippen LogP contribution in [0.25, 0.3) is 0 Å². The molecule has 79 heavy (non-hydrogen) atoms. The monoisotopic (exact) mass is 1180 g/mol. The molecule has 0 bridgehead atoms. The van der Waals surface area contributed by atoms with E-state index in [0.717, 1.165) is 23.1 Å². The van der Waals surface area contributed by atoms with E-state index >= 15 is 0 Å². The van der Waals surface area contributed by atoms with E-state index in [0.29, 0.717) is 31.5 Å². The summed E-state index contributed by atoms with van der Waals surface area (Å²) in [6.07, 6.45) is -35.7. The van der Waals surface area contributed by atoms with Gasteiger partial charge in [-0.25, -0.2) is 4.39 Å². The SMILES string of the molecule is C[C@H](NC(=O)c1ccc(CC2CCN(C3C[C@@H](C(F)(F)F)C[C@@H](C(F)(F)F)C3)CC2)cc1)c1ccc(F)cc1.Cc1ccc(S(=O)(=O)OC2C[C@@H](C(F)(F)F)C[C@@H](C(F)(F)F)C2)cc1.OC1C[C@@H](C(F)(F)F)C[C@@H](C(F)(F)F)C1. The number of aryl methyl sites for hydroxylation is 1. The van der Waals surface area contributed by atoms with Gasteiger partial charge in [-0.2, -0.15) is 87.4 Å². The van der Waals surface area contributed by atoms with Crippen LogP contribution in [0.1, 0.15) is 111 Å². The van der Waals surface area contributed by atoms with Gasteiger partial charge in [0.15, 0.2) is 0 Å². The normalized spacial score (nSPS) is 26.7. The first kappa shape index (κ1) is 65.4. The Kier molecular flexibility index (Phi) is 21.4. The second kappa shape index (κ2) is 25.8. The number of amides is 1. The molecular formula is C52H59F19N2O5S. The number of nitrogens with zero attached hydrogens (tertiary/aromatic N) is 1. The van der Waals surface area contributed by atoms with Crippen LogP contribution in [0.3, 0.4) is 0 Å². The number of likely N-dealkylation sites (tertiary alicyclic amines) is 1. The number of nitrogens with one attached hydrogen (secondary N) is 1. The van der Waals surface area contributed by atoms with Crippen LogP contribution in [0.2, 0.25) is 0 Å². The zero-order chi connectivity index (χ0) is 59.3. The lowest BCUT2D eigenvalue weighted by Gasteiger charge is -2.44. The summed E-state index contributed by atoms with van der Waals surface area (Å²) in [7, 11) is -4.45. The number of halogens is 19. The zero-order valence-electron chi connectivity index (χ0n) is 42.3. The van der Waals surface area contributed by atoms with Gasteiger partial charge >= 0.3 is 37.1 Å². The molecule has 3 aliphatic carbocycles. The minimum absolute atomic E-state index is 0.256. The third-order valence-electron chi connectivity index (χ3n) is 15.0. The highest BCUT2D eigenvalue weighted by molar-refractivity contribution is 7.86. The van der Waals surface area contributed by atoms with Gasteiger partial charge in [0.05, 0.1) is 58.7 Å². The molecule has 3 aromatic carbocycles. The fourth-order valence-corrected chi connectivity index (χ4v) is 11.6. The van der Waals surface area contributed by atoms with Crippen molar-refractivity contribution >= 4 is 16.0 Å². The second-order valence-electron chi connectivity index (χ2n) is 21.0. The molecule has 0 radical (unpaired) electrons. The van der Waals surface area contributed by atoms with Crippen LogP contribution in [0.5, 0.6) is 0 Å². The summed E-state index contributed by atoms with van der Waals surface area (Å²) in [5.41, 5.74) is 3.02. The summed E-state index contributed by atoms with van der Waals surface area (Å²) in [4.78, 5) is 14.1. The predicted molar refractivity (Wildman–Crippen MR) is 249 cm³/mol. The molecule has 4 aliphatic rings. The van der Waals surface area contributed by atoms with Gasteiger partial charge in [-0.05, 0) is 157 Å². The van der Waals surface area contributed by atoms with E-state index in [-0.39, 0.29) is 41.4 Å². The summed E-state index contributed by atoms with van der Waals surface area (Å²) >= 11 is 0. The molecule has 1 aliphatic heterocycles. The molecule has 3 aromatic rings. The number of hydrogen-bond acceptors (Lipinski definition) is 6. The molecule has 1 amide bonds. The molecule has 446 valence electrons. The van der Waals surface area contributed by atoms with Crippen LogP contribution < -0.4 is 5.32 Å². The van der Waals surface area contributed by atoms with Gasteiger partial charge in [-0.15, -0.1) is 0 Å². The average molecular weight is 1190 g/mol. The lowest BCUT2D eigenvalue weighted by Crippen LogP contribution is -2.49. The minimum Gasteiger partial charge on any atom is -0.393 e. The molecule has 0 spiro atoms. The summed E-state index contributed by atoms with van der Waals surface area (Å²) < 4.78 is 273. The largest absolute Gasteiger partial charge is 0.393 e. The van der Waals surface area contributed by atoms with Crippen LogP contribution >= 0.6 is 0 Å². The molecule has 4 fully saturated rings. The van der Waals surface area contributed by atoms with Crippen molar-refractivity contribution in [1.29, 1.82) is 0 Å². The molecule has 3 saturated carbocycles. The number of hydrogen-bond donors (Lipinski definition) is 2. The Balaban J connectivity index is 0.000000244. The maximum Gasteiger partial charge on any atom is 0.391 e. The molecule has 27 heteroatoms. The molecule has 7 nitrogen and oxygen atoms in total. The van der Waals surface area contributed by atoms with Crippen LogP contribution in [-0.4, -0.2) is 92.7 Å². The molecular weight excluding hydrogens is 1130 g/mol. The number of rotatable bonds is 9. The zero-order valence-corrected chi connectivity index (χ0v) is 43.1. The van der Waals surface area contributed by atoms with Gasteiger partial charge < -0.3 is 15.3 Å². The molecule has 10 atom stereocenters. The maximum atomic E-state index is 13.4. The minimum atomic E-state index is -4.85. The average Bonchev–Trinajstić information content (AvgIpc) is 3.37. The third kappa shape index (κ3) is 19.7. The van der Waals surface area contributed by atoms with E-state index < -0.39 is 146 Å². The maximum absolute atomic E-state index is 13.4. The van der Waals surface area contributed by atoms with Gasteiger partial charge in [0.2, 0.25) is 0 Å². The van der Waals surface area contributed by atoms with Crippen molar-refractivity contribution in [3.05, 3.63) is 101 Å². The first-order valence-corrected chi connectivity index (χ1v) is 26.6. The number of carbonyl (C=O) groups is 1. The molecule has 2 N–H and O–H groups in total. The smallest absolute Gasteiger partial charge is 0.391 e. The van der Waals surface area contributed by atoms with Gasteiger partial charge in [0, 0.05) is 11.6 Å². The number of aliphatic hydroxyl groups excluding tert-OH is 1. The Morgan fingerprint density at radius 1 is 0.582 bits per heavy atom. The predicted octanol–water partition coefficient (Wildman–Crippen LogP) is 15.0. The van der Waals surface area contributed by atoms with Crippen molar-refractivity contribution in [1.82, 2.24) is 10.2 Å². The van der Waals surface area contributed by atoms with Crippen molar-refractivity contribution in [3.63, 3.8) is 0 Å². The summed E-state index contributed by atoms with van der Waals surface area (Å²) in [5.74, 6) is -12.8. The second-order valence-corrected chi connectivity index (χ2v) is 22.5. The standard InChI is InChI=1S/C29H33F7N2O.C15H16F6O3S.C8H10F6O/c1-18(21-6-8-25(30)9-7-21)37-27(39)22-4-2-19(3-5-22)14-20-10-12-38(13-11-20)26-16-23(28(31,32)33)15-24(17-26)29(34,35)36;1-9-2-4-13(5-3-9)25(22,23)24-12-7-10(14(16,17)18)6-11(8-12)15(19,20)21;9-7(10,11)4-1-5(8(12,13)14)3-6(15)2-4/h2-9,18,20,23-24,26H,10-17H2,1H3,(H,37,39);2-5,10-12H,6-8H2,1H3;4-6,15H,1-3H2/t18-,23-,24+,26?;10-,11+,12?;4-,5+,6?/m0../s1. The van der Waals surface area contributed by atoms with Gasteiger partial charge in [0.1, 0.15) is 5.82 Å². The van der Waals surface area contributed by atoms with E-state index in [9.17, 15) is 96.6 Å². The van der Waals surface area contributed by atoms with Crippen molar-refractivity contribution < 1.29 is 106 Å². The van der Waals surface area contributed by atoms with Crippen LogP contribution in [0.15, 0.2) is 77.7 Å². The van der Waals surface area contributed by atoms with Crippen LogP contribution in [0.4, 0.5) is 83.4 Å². The first-order chi connectivity index (χ1) is 36.2. The van der Waals surface area contributed by atoms with Crippen molar-refractivity contribution in [2.45, 2.75) is 157 Å². The first-order valence-electron chi connectivity index (χ1n) is 25.2. The molecule has 0 aromatic heterocycles. The summed E-state index contributed by atoms with van der Waals surface area (Å²) in [6.45, 7) is 4.46. The summed E-state index contributed by atoms with van der Waals surface area (Å²) in [5, 5.41) is 11.9. The number of benzene rings is 3. The van der Waals surface area contributed by atoms with Gasteiger partial charge in [0.25, 0.3) is 16.0 Å². The van der Waals surface area contributed by atoms with Crippen molar-refractivity contribution in [2.24, 2.45) is 41.4 Å². The Bertz CT molecular complexity index is 2440. The lowest BCUT2D eigenvalue weighted by atomic mass is 9.76. The fraction of sp³-hybridized carbons (Fsp3) is 0.635. The number of carbonyl (C=O) groups excluding carboxylic acids is 1. The fourth-order valence-electron chi connectivity index (χ4n) is 10.5. The van der Waals surface area contributed by atoms with E-state index in [1.54, 1.807) is 31.2 Å². The number of alkyl halides is 18. The Morgan fingerprint density at radius 2 is 0.975 bits per heavy atom.